The van der Waals surface area contributed by atoms with E-state index in [2.05, 4.69) is 11.3 Å². The smallest absolute Gasteiger partial charge is 0.339 e. The van der Waals surface area contributed by atoms with Gasteiger partial charge in [-0.05, 0) is 6.92 Å². The van der Waals surface area contributed by atoms with E-state index in [1.807, 2.05) is 0 Å². The van der Waals surface area contributed by atoms with Gasteiger partial charge in [-0.3, -0.25) is 0 Å². The number of carbonyl (C=O) groups excluding carboxylic acids is 1. The number of esters is 1. The molecule has 0 N–H and O–H groups in total. The summed E-state index contributed by atoms with van der Waals surface area (Å²) in [7, 11) is 0. The third-order valence-electron chi connectivity index (χ3n) is 0.906. The highest BCUT2D eigenvalue weighted by atomic mass is 35.5. The van der Waals surface area contributed by atoms with Gasteiger partial charge in [-0.15, -0.1) is 0 Å². The van der Waals surface area contributed by atoms with E-state index in [1.54, 1.807) is 6.92 Å². The Morgan fingerprint density at radius 2 is 2.27 bits per heavy atom. The maximum atomic E-state index is 10.8. The number of rotatable bonds is 3. The second kappa shape index (κ2) is 5.22. The molecule has 0 saturated carbocycles. The fourth-order valence-electron chi connectivity index (χ4n) is 0.382. The SMILES string of the molecule is C=C(C(=O)OCC)C(Cl)=CCl. The van der Waals surface area contributed by atoms with Crippen molar-refractivity contribution >= 4 is 29.2 Å². The first-order valence-electron chi connectivity index (χ1n) is 2.95. The number of carbonyl (C=O) groups is 1. The van der Waals surface area contributed by atoms with Gasteiger partial charge in [0.05, 0.1) is 17.2 Å². The molecule has 0 saturated heterocycles. The second-order valence-electron chi connectivity index (χ2n) is 1.66. The number of halogens is 2. The van der Waals surface area contributed by atoms with Gasteiger partial charge in [0.2, 0.25) is 0 Å². The molecule has 11 heavy (non-hydrogen) atoms. The topological polar surface area (TPSA) is 26.3 Å². The fourth-order valence-corrected chi connectivity index (χ4v) is 0.590. The zero-order valence-corrected chi connectivity index (χ0v) is 7.58. The summed E-state index contributed by atoms with van der Waals surface area (Å²) in [5.41, 5.74) is 1.14. The Morgan fingerprint density at radius 1 is 1.73 bits per heavy atom. The van der Waals surface area contributed by atoms with Crippen LogP contribution < -0.4 is 0 Å². The summed E-state index contributed by atoms with van der Waals surface area (Å²) in [6, 6.07) is 0. The van der Waals surface area contributed by atoms with Crippen molar-refractivity contribution < 1.29 is 9.53 Å². The average molecular weight is 195 g/mol. The van der Waals surface area contributed by atoms with Crippen molar-refractivity contribution in [3.8, 4) is 0 Å². The van der Waals surface area contributed by atoms with E-state index >= 15 is 0 Å². The zero-order chi connectivity index (χ0) is 8.85. The third kappa shape index (κ3) is 3.44. The van der Waals surface area contributed by atoms with Gasteiger partial charge in [0.15, 0.2) is 0 Å². The normalized spacial score (nSPS) is 11.0. The molecule has 0 amide bonds. The molecule has 0 aliphatic carbocycles. The summed E-state index contributed by atoms with van der Waals surface area (Å²) in [6.45, 7) is 5.38. The van der Waals surface area contributed by atoms with Crippen LogP contribution in [0, 0.1) is 0 Å². The van der Waals surface area contributed by atoms with E-state index in [4.69, 9.17) is 23.2 Å². The van der Waals surface area contributed by atoms with Crippen molar-refractivity contribution in [1.29, 1.82) is 0 Å². The largest absolute Gasteiger partial charge is 0.462 e. The van der Waals surface area contributed by atoms with Crippen LogP contribution >= 0.6 is 23.2 Å². The van der Waals surface area contributed by atoms with Gasteiger partial charge in [0.1, 0.15) is 0 Å². The number of hydrogen-bond acceptors (Lipinski definition) is 2. The molecule has 0 heterocycles. The summed E-state index contributed by atoms with van der Waals surface area (Å²) in [5, 5.41) is 0.102. The summed E-state index contributed by atoms with van der Waals surface area (Å²) in [5.74, 6) is -0.547. The van der Waals surface area contributed by atoms with Crippen molar-refractivity contribution in [1.82, 2.24) is 0 Å². The predicted molar refractivity (Wildman–Crippen MR) is 45.6 cm³/mol. The van der Waals surface area contributed by atoms with Gasteiger partial charge in [0.25, 0.3) is 0 Å². The van der Waals surface area contributed by atoms with Gasteiger partial charge >= 0.3 is 5.97 Å². The van der Waals surface area contributed by atoms with Crippen LogP contribution in [0.1, 0.15) is 6.92 Å². The Morgan fingerprint density at radius 3 is 2.64 bits per heavy atom. The Kier molecular flexibility index (Phi) is 4.99. The minimum Gasteiger partial charge on any atom is -0.462 e. The molecule has 0 bridgehead atoms. The molecule has 0 aromatic carbocycles. The van der Waals surface area contributed by atoms with Crippen LogP contribution in [-0.2, 0) is 9.53 Å². The van der Waals surface area contributed by atoms with Gasteiger partial charge < -0.3 is 4.74 Å². The van der Waals surface area contributed by atoms with Crippen molar-refractivity contribution in [2.75, 3.05) is 6.61 Å². The molecule has 0 atom stereocenters. The van der Waals surface area contributed by atoms with E-state index in [9.17, 15) is 4.79 Å². The number of hydrogen-bond donors (Lipinski definition) is 0. The molecular formula is C7H8Cl2O2. The van der Waals surface area contributed by atoms with E-state index in [0.717, 1.165) is 5.54 Å². The molecule has 62 valence electrons. The molecular weight excluding hydrogens is 187 g/mol. The highest BCUT2D eigenvalue weighted by Gasteiger charge is 2.09. The fraction of sp³-hybridized carbons (Fsp3) is 0.286. The van der Waals surface area contributed by atoms with Crippen molar-refractivity contribution in [3.63, 3.8) is 0 Å². The van der Waals surface area contributed by atoms with Gasteiger partial charge in [-0.1, -0.05) is 29.8 Å². The first kappa shape index (κ1) is 10.5. The highest BCUT2D eigenvalue weighted by molar-refractivity contribution is 6.40. The van der Waals surface area contributed by atoms with Crippen LogP contribution in [0.4, 0.5) is 0 Å². The molecule has 2 nitrogen and oxygen atoms in total. The van der Waals surface area contributed by atoms with Crippen LogP contribution in [0.15, 0.2) is 22.7 Å². The molecule has 0 fully saturated rings. The molecule has 0 aromatic heterocycles. The molecule has 0 radical (unpaired) electrons. The van der Waals surface area contributed by atoms with Crippen LogP contribution in [0.25, 0.3) is 0 Å². The first-order valence-corrected chi connectivity index (χ1v) is 3.77. The van der Waals surface area contributed by atoms with Crippen LogP contribution in [0.3, 0.4) is 0 Å². The molecule has 0 aliphatic heterocycles. The Bertz CT molecular complexity index is 197. The summed E-state index contributed by atoms with van der Waals surface area (Å²) in [4.78, 5) is 10.8. The van der Waals surface area contributed by atoms with Gasteiger partial charge in [-0.25, -0.2) is 4.79 Å². The van der Waals surface area contributed by atoms with Crippen molar-refractivity contribution in [3.05, 3.63) is 22.7 Å². The quantitative estimate of drug-likeness (QED) is 0.392. The summed E-state index contributed by atoms with van der Waals surface area (Å²) < 4.78 is 4.60. The van der Waals surface area contributed by atoms with Gasteiger partial charge in [-0.2, -0.15) is 0 Å². The Balaban J connectivity index is 4.15. The monoisotopic (exact) mass is 194 g/mol. The van der Waals surface area contributed by atoms with E-state index in [1.165, 1.54) is 0 Å². The lowest BCUT2D eigenvalue weighted by atomic mass is 10.3. The predicted octanol–water partition coefficient (Wildman–Crippen LogP) is 2.42. The summed E-state index contributed by atoms with van der Waals surface area (Å²) in [6.07, 6.45) is 0. The van der Waals surface area contributed by atoms with E-state index < -0.39 is 5.97 Å². The maximum absolute atomic E-state index is 10.8. The van der Waals surface area contributed by atoms with Crippen molar-refractivity contribution in [2.24, 2.45) is 0 Å². The molecule has 0 aliphatic rings. The van der Waals surface area contributed by atoms with Crippen LogP contribution in [0.5, 0.6) is 0 Å². The standard InChI is InChI=1S/C7H8Cl2O2/c1-3-11-7(10)5(2)6(9)4-8/h4H,2-3H2,1H3. The third-order valence-corrected chi connectivity index (χ3v) is 1.57. The Hall–Kier alpha value is -0.470. The first-order chi connectivity index (χ1) is 5.13. The molecule has 4 heteroatoms. The maximum Gasteiger partial charge on any atom is 0.339 e. The van der Waals surface area contributed by atoms with Gasteiger partial charge in [0, 0.05) is 5.54 Å². The highest BCUT2D eigenvalue weighted by Crippen LogP contribution is 2.14. The van der Waals surface area contributed by atoms with Crippen LogP contribution in [0.2, 0.25) is 0 Å². The zero-order valence-electron chi connectivity index (χ0n) is 6.06. The molecule has 0 unspecified atom stereocenters. The molecule has 0 aromatic rings. The van der Waals surface area contributed by atoms with Crippen molar-refractivity contribution in [2.45, 2.75) is 6.92 Å². The molecule has 0 spiro atoms. The molecule has 0 rings (SSSR count). The minimum atomic E-state index is -0.547. The lowest BCUT2D eigenvalue weighted by Gasteiger charge is -2.01. The lowest BCUT2D eigenvalue weighted by Crippen LogP contribution is -2.06. The average Bonchev–Trinajstić information content (AvgIpc) is 2.02. The Labute approximate surface area is 75.4 Å². The second-order valence-corrected chi connectivity index (χ2v) is 2.28. The summed E-state index contributed by atoms with van der Waals surface area (Å²) >= 11 is 10.7. The minimum absolute atomic E-state index is 0.0727. The van der Waals surface area contributed by atoms with Crippen LogP contribution in [-0.4, -0.2) is 12.6 Å². The lowest BCUT2D eigenvalue weighted by molar-refractivity contribution is -0.138. The van der Waals surface area contributed by atoms with E-state index in [0.29, 0.717) is 6.61 Å². The number of ether oxygens (including phenoxy) is 1. The van der Waals surface area contributed by atoms with E-state index in [-0.39, 0.29) is 10.6 Å².